The van der Waals surface area contributed by atoms with Gasteiger partial charge in [0.2, 0.25) is 0 Å². The van der Waals surface area contributed by atoms with Gasteiger partial charge in [0.15, 0.2) is 0 Å². The van der Waals surface area contributed by atoms with E-state index in [0.717, 1.165) is 7.11 Å². The molecule has 0 spiro atoms. The van der Waals surface area contributed by atoms with Crippen LogP contribution >= 0.6 is 7.60 Å². The molecule has 6 nitrogen and oxygen atoms in total. The molecule has 0 saturated carbocycles. The third-order valence-electron chi connectivity index (χ3n) is 1.81. The molecule has 1 rings (SSSR count). The minimum Gasteiger partial charge on any atom is -0.324 e. The number of nitro benzene ring substituents is 1. The molecule has 0 amide bonds. The van der Waals surface area contributed by atoms with E-state index in [1.54, 1.807) is 0 Å². The van der Waals surface area contributed by atoms with Crippen molar-refractivity contribution in [3.8, 4) is 0 Å². The molecule has 0 radical (unpaired) electrons. The monoisotopic (exact) mass is 231 g/mol. The Bertz CT molecular complexity index is 402. The lowest BCUT2D eigenvalue weighted by Crippen LogP contribution is -1.91. The summed E-state index contributed by atoms with van der Waals surface area (Å²) in [5.41, 5.74) is 0.470. The molecule has 0 fully saturated rings. The van der Waals surface area contributed by atoms with Gasteiger partial charge >= 0.3 is 7.60 Å². The van der Waals surface area contributed by atoms with E-state index in [0.29, 0.717) is 5.56 Å². The van der Waals surface area contributed by atoms with Crippen LogP contribution in [0.4, 0.5) is 5.69 Å². The van der Waals surface area contributed by atoms with Crippen LogP contribution < -0.4 is 0 Å². The van der Waals surface area contributed by atoms with Gasteiger partial charge in [-0.2, -0.15) is 0 Å². The second kappa shape index (κ2) is 4.53. The van der Waals surface area contributed by atoms with Crippen molar-refractivity contribution >= 4 is 13.3 Å². The van der Waals surface area contributed by atoms with Crippen LogP contribution in [-0.4, -0.2) is 16.9 Å². The first-order chi connectivity index (χ1) is 6.94. The van der Waals surface area contributed by atoms with Crippen molar-refractivity contribution in [1.82, 2.24) is 0 Å². The maximum Gasteiger partial charge on any atom is 0.332 e. The van der Waals surface area contributed by atoms with Crippen molar-refractivity contribution in [1.29, 1.82) is 0 Å². The molecule has 82 valence electrons. The highest BCUT2D eigenvalue weighted by atomic mass is 31.2. The highest BCUT2D eigenvalue weighted by molar-refractivity contribution is 7.51. The molecule has 0 saturated heterocycles. The number of nitrogens with zero attached hydrogens (tertiary/aromatic N) is 1. The maximum atomic E-state index is 11.2. The number of hydrogen-bond acceptors (Lipinski definition) is 4. The van der Waals surface area contributed by atoms with Crippen LogP contribution in [0, 0.1) is 10.1 Å². The zero-order valence-corrected chi connectivity index (χ0v) is 8.89. The molecule has 1 aromatic rings. The van der Waals surface area contributed by atoms with E-state index in [4.69, 9.17) is 4.89 Å². The zero-order chi connectivity index (χ0) is 11.5. The van der Waals surface area contributed by atoms with Gasteiger partial charge in [-0.05, 0) is 5.56 Å². The van der Waals surface area contributed by atoms with E-state index < -0.39 is 12.5 Å². The molecule has 1 unspecified atom stereocenters. The molecule has 0 aliphatic rings. The van der Waals surface area contributed by atoms with Crippen molar-refractivity contribution in [2.45, 2.75) is 6.16 Å². The first-order valence-electron chi connectivity index (χ1n) is 4.05. The summed E-state index contributed by atoms with van der Waals surface area (Å²) in [5.74, 6) is 0. The van der Waals surface area contributed by atoms with E-state index >= 15 is 0 Å². The van der Waals surface area contributed by atoms with Gasteiger partial charge in [0.05, 0.1) is 11.1 Å². The largest absolute Gasteiger partial charge is 0.332 e. The number of nitro groups is 1. The Labute approximate surface area is 86.2 Å². The second-order valence-corrected chi connectivity index (χ2v) is 4.86. The quantitative estimate of drug-likeness (QED) is 0.485. The van der Waals surface area contributed by atoms with Crippen LogP contribution in [0.25, 0.3) is 0 Å². The zero-order valence-electron chi connectivity index (χ0n) is 7.99. The minimum absolute atomic E-state index is 0.0519. The maximum absolute atomic E-state index is 11.2. The van der Waals surface area contributed by atoms with Crippen molar-refractivity contribution in [2.75, 3.05) is 7.11 Å². The molecule has 0 heterocycles. The van der Waals surface area contributed by atoms with Gasteiger partial charge in [0.25, 0.3) is 5.69 Å². The summed E-state index contributed by atoms with van der Waals surface area (Å²) >= 11 is 0. The average Bonchev–Trinajstić information content (AvgIpc) is 2.18. The molecule has 7 heteroatoms. The molecule has 1 aromatic carbocycles. The number of non-ortho nitro benzene ring substituents is 1. The van der Waals surface area contributed by atoms with E-state index in [9.17, 15) is 14.7 Å². The topological polar surface area (TPSA) is 89.7 Å². The van der Waals surface area contributed by atoms with Gasteiger partial charge in [-0.15, -0.1) is 0 Å². The minimum atomic E-state index is -3.60. The van der Waals surface area contributed by atoms with Crippen molar-refractivity contribution in [3.05, 3.63) is 39.9 Å². The van der Waals surface area contributed by atoms with Crippen LogP contribution in [0.1, 0.15) is 5.56 Å². The molecular formula is C8H10NO5P. The van der Waals surface area contributed by atoms with Crippen LogP contribution in [0.2, 0.25) is 0 Å². The summed E-state index contributed by atoms with van der Waals surface area (Å²) in [6, 6.07) is 5.43. The molecule has 0 bridgehead atoms. The van der Waals surface area contributed by atoms with E-state index in [1.165, 1.54) is 24.3 Å². The summed E-state index contributed by atoms with van der Waals surface area (Å²) in [5, 5.41) is 10.3. The predicted molar refractivity (Wildman–Crippen MR) is 53.6 cm³/mol. The van der Waals surface area contributed by atoms with Crippen molar-refractivity contribution < 1.29 is 18.9 Å². The van der Waals surface area contributed by atoms with E-state index in [-0.39, 0.29) is 11.8 Å². The molecule has 0 aliphatic carbocycles. The van der Waals surface area contributed by atoms with Crippen molar-refractivity contribution in [2.24, 2.45) is 0 Å². The number of rotatable bonds is 4. The summed E-state index contributed by atoms with van der Waals surface area (Å²) in [7, 11) is -2.46. The fourth-order valence-electron chi connectivity index (χ4n) is 1.02. The third-order valence-corrected chi connectivity index (χ3v) is 3.15. The van der Waals surface area contributed by atoms with E-state index in [2.05, 4.69) is 4.52 Å². The Morgan fingerprint density at radius 3 is 2.40 bits per heavy atom. The van der Waals surface area contributed by atoms with Gasteiger partial charge in [0, 0.05) is 19.2 Å². The summed E-state index contributed by atoms with van der Waals surface area (Å²) in [6.07, 6.45) is -0.151. The lowest BCUT2D eigenvalue weighted by atomic mass is 10.2. The Balaban J connectivity index is 2.82. The Morgan fingerprint density at radius 1 is 1.47 bits per heavy atom. The van der Waals surface area contributed by atoms with Gasteiger partial charge in [0.1, 0.15) is 0 Å². The first-order valence-corrected chi connectivity index (χ1v) is 5.82. The fourth-order valence-corrected chi connectivity index (χ4v) is 1.82. The van der Waals surface area contributed by atoms with Gasteiger partial charge in [-0.25, -0.2) is 0 Å². The molecule has 0 aromatic heterocycles. The van der Waals surface area contributed by atoms with Gasteiger partial charge in [-0.1, -0.05) is 12.1 Å². The standard InChI is InChI=1S/C8H10NO5P/c1-14-15(12,13)6-7-2-4-8(5-3-7)9(10)11/h2-5H,6H2,1H3,(H,12,13). The fraction of sp³-hybridized carbons (Fsp3) is 0.250. The third kappa shape index (κ3) is 3.43. The van der Waals surface area contributed by atoms with Gasteiger partial charge in [-0.3, -0.25) is 14.7 Å². The Morgan fingerprint density at radius 2 is 2.00 bits per heavy atom. The summed E-state index contributed by atoms with van der Waals surface area (Å²) in [4.78, 5) is 19.0. The SMILES string of the molecule is COP(=O)(O)Cc1ccc([N+](=O)[O-])cc1. The van der Waals surface area contributed by atoms with Crippen LogP contribution in [0.3, 0.4) is 0 Å². The smallest absolute Gasteiger partial charge is 0.324 e. The van der Waals surface area contributed by atoms with Crippen LogP contribution in [0.15, 0.2) is 24.3 Å². The highest BCUT2D eigenvalue weighted by Gasteiger charge is 2.18. The van der Waals surface area contributed by atoms with Crippen LogP contribution in [0.5, 0.6) is 0 Å². The predicted octanol–water partition coefficient (Wildman–Crippen LogP) is 1.93. The number of benzene rings is 1. The van der Waals surface area contributed by atoms with Gasteiger partial charge < -0.3 is 9.42 Å². The lowest BCUT2D eigenvalue weighted by molar-refractivity contribution is -0.384. The summed E-state index contributed by atoms with van der Waals surface area (Å²) in [6.45, 7) is 0. The second-order valence-electron chi connectivity index (χ2n) is 2.90. The van der Waals surface area contributed by atoms with E-state index in [1.807, 2.05) is 0 Å². The average molecular weight is 231 g/mol. The molecule has 1 N–H and O–H groups in total. The lowest BCUT2D eigenvalue weighted by Gasteiger charge is -2.07. The Kier molecular flexibility index (Phi) is 3.57. The normalized spacial score (nSPS) is 14.5. The number of hydrogen-bond donors (Lipinski definition) is 1. The highest BCUT2D eigenvalue weighted by Crippen LogP contribution is 2.44. The molecule has 1 atom stereocenters. The molecular weight excluding hydrogens is 221 g/mol. The van der Waals surface area contributed by atoms with Crippen molar-refractivity contribution in [3.63, 3.8) is 0 Å². The summed E-state index contributed by atoms with van der Waals surface area (Å²) < 4.78 is 15.6. The van der Waals surface area contributed by atoms with Crippen LogP contribution in [-0.2, 0) is 15.3 Å². The first kappa shape index (κ1) is 11.8. The molecule has 15 heavy (non-hydrogen) atoms. The Hall–Kier alpha value is -1.23. The molecule has 0 aliphatic heterocycles.